The van der Waals surface area contributed by atoms with Gasteiger partial charge in [0.1, 0.15) is 23.6 Å². The second-order valence-corrected chi connectivity index (χ2v) is 6.17. The fourth-order valence-corrected chi connectivity index (χ4v) is 3.03. The Morgan fingerprint density at radius 1 is 1.07 bits per heavy atom. The Balaban J connectivity index is 1.57. The highest BCUT2D eigenvalue weighted by Gasteiger charge is 2.37. The Morgan fingerprint density at radius 3 is 2.57 bits per heavy atom. The van der Waals surface area contributed by atoms with E-state index in [1.807, 2.05) is 0 Å². The number of fused-ring (bicyclic) bond motifs is 2. The molecule has 0 aliphatic carbocycles. The summed E-state index contributed by atoms with van der Waals surface area (Å²) < 4.78 is 16.1. The van der Waals surface area contributed by atoms with Crippen LogP contribution in [0, 0.1) is 6.92 Å². The van der Waals surface area contributed by atoms with Gasteiger partial charge in [0.25, 0.3) is 11.8 Å². The molecule has 0 bridgehead atoms. The average Bonchev–Trinajstić information content (AvgIpc) is 3.14. The van der Waals surface area contributed by atoms with Crippen molar-refractivity contribution in [3.05, 3.63) is 53.4 Å². The van der Waals surface area contributed by atoms with Gasteiger partial charge in [0.2, 0.25) is 0 Å². The lowest BCUT2D eigenvalue weighted by Gasteiger charge is -2.12. The molecule has 4 rings (SSSR count). The number of aryl methyl sites for hydroxylation is 1. The predicted octanol–water partition coefficient (Wildman–Crippen LogP) is 3.09. The van der Waals surface area contributed by atoms with E-state index < -0.39 is 24.3 Å². The molecule has 1 aliphatic rings. The number of esters is 1. The van der Waals surface area contributed by atoms with Gasteiger partial charge in [0.15, 0.2) is 11.5 Å². The lowest BCUT2D eigenvalue weighted by Crippen LogP contribution is -2.35. The minimum Gasteiger partial charge on any atom is -0.465 e. The predicted molar refractivity (Wildman–Crippen MR) is 97.3 cm³/mol. The highest BCUT2D eigenvalue weighted by Crippen LogP contribution is 2.30. The lowest BCUT2D eigenvalue weighted by molar-refractivity contribution is -0.143. The summed E-state index contributed by atoms with van der Waals surface area (Å²) in [4.78, 5) is 41.7. The summed E-state index contributed by atoms with van der Waals surface area (Å²) in [6, 6.07) is 9.78. The maximum absolute atomic E-state index is 12.5. The quantitative estimate of drug-likeness (QED) is 0.495. The number of oxazole rings is 1. The van der Waals surface area contributed by atoms with Crippen LogP contribution in [0.15, 0.2) is 40.8 Å². The van der Waals surface area contributed by atoms with Crippen LogP contribution in [0.2, 0.25) is 0 Å². The van der Waals surface area contributed by atoms with E-state index in [0.29, 0.717) is 28.5 Å². The molecule has 28 heavy (non-hydrogen) atoms. The topological polar surface area (TPSA) is 98.9 Å². The number of ether oxygens (including phenoxy) is 2. The van der Waals surface area contributed by atoms with E-state index in [2.05, 4.69) is 4.98 Å². The van der Waals surface area contributed by atoms with Gasteiger partial charge in [-0.1, -0.05) is 0 Å². The summed E-state index contributed by atoms with van der Waals surface area (Å²) in [5.74, 6) is -0.283. The summed E-state index contributed by atoms with van der Waals surface area (Å²) in [6.45, 7) is 3.17. The Bertz CT molecular complexity index is 1120. The van der Waals surface area contributed by atoms with Gasteiger partial charge >= 0.3 is 5.97 Å². The zero-order valence-electron chi connectivity index (χ0n) is 15.2. The van der Waals surface area contributed by atoms with Crippen LogP contribution in [0.5, 0.6) is 11.5 Å². The zero-order chi connectivity index (χ0) is 19.8. The van der Waals surface area contributed by atoms with Crippen molar-refractivity contribution in [1.82, 2.24) is 9.88 Å². The smallest absolute Gasteiger partial charge is 0.326 e. The largest absolute Gasteiger partial charge is 0.465 e. The van der Waals surface area contributed by atoms with Crippen LogP contribution >= 0.6 is 0 Å². The highest BCUT2D eigenvalue weighted by molar-refractivity contribution is 6.22. The van der Waals surface area contributed by atoms with Gasteiger partial charge in [0.05, 0.1) is 17.7 Å². The Morgan fingerprint density at radius 2 is 1.79 bits per heavy atom. The molecule has 142 valence electrons. The molecule has 0 unspecified atom stereocenters. The second kappa shape index (κ2) is 6.80. The molecular formula is C20H16N2O6. The van der Waals surface area contributed by atoms with Gasteiger partial charge in [-0.15, -0.1) is 0 Å². The maximum Gasteiger partial charge on any atom is 0.326 e. The number of carbonyl (C=O) groups is 3. The van der Waals surface area contributed by atoms with Gasteiger partial charge < -0.3 is 13.9 Å². The fraction of sp³-hybridized carbons (Fsp3) is 0.200. The SMILES string of the molecule is CCOC(=O)CN1C(=O)c2ccc(Oc3ccc4nc(C)oc4c3)cc2C1=O. The maximum atomic E-state index is 12.5. The first-order chi connectivity index (χ1) is 13.5. The summed E-state index contributed by atoms with van der Waals surface area (Å²) in [6.07, 6.45) is 0. The van der Waals surface area contributed by atoms with Crippen LogP contribution in [0.25, 0.3) is 11.1 Å². The van der Waals surface area contributed by atoms with Crippen LogP contribution in [-0.4, -0.2) is 40.8 Å². The van der Waals surface area contributed by atoms with E-state index >= 15 is 0 Å². The van der Waals surface area contributed by atoms with E-state index in [-0.39, 0.29) is 17.7 Å². The van der Waals surface area contributed by atoms with Crippen LogP contribution in [-0.2, 0) is 9.53 Å². The number of hydrogen-bond donors (Lipinski definition) is 0. The number of nitrogens with zero attached hydrogens (tertiary/aromatic N) is 2. The number of amides is 2. The second-order valence-electron chi connectivity index (χ2n) is 6.17. The monoisotopic (exact) mass is 380 g/mol. The summed E-state index contributed by atoms with van der Waals surface area (Å²) >= 11 is 0. The number of carbonyl (C=O) groups excluding carboxylic acids is 3. The van der Waals surface area contributed by atoms with Crippen molar-refractivity contribution in [2.24, 2.45) is 0 Å². The van der Waals surface area contributed by atoms with E-state index in [1.165, 1.54) is 12.1 Å². The molecule has 2 aromatic carbocycles. The number of hydrogen-bond acceptors (Lipinski definition) is 7. The molecule has 0 saturated heterocycles. The van der Waals surface area contributed by atoms with E-state index in [4.69, 9.17) is 13.9 Å². The van der Waals surface area contributed by atoms with Gasteiger partial charge in [-0.3, -0.25) is 19.3 Å². The van der Waals surface area contributed by atoms with Crippen molar-refractivity contribution in [2.75, 3.05) is 13.2 Å². The van der Waals surface area contributed by atoms with Crippen LogP contribution in [0.4, 0.5) is 0 Å². The van der Waals surface area contributed by atoms with Gasteiger partial charge in [-0.25, -0.2) is 4.98 Å². The number of aromatic nitrogens is 1. The van der Waals surface area contributed by atoms with Crippen LogP contribution in [0.1, 0.15) is 33.5 Å². The molecule has 8 nitrogen and oxygen atoms in total. The standard InChI is InChI=1S/C20H16N2O6/c1-3-26-18(23)10-22-19(24)14-6-4-12(8-15(14)20(22)25)28-13-5-7-16-17(9-13)27-11(2)21-16/h4-9H,3,10H2,1-2H3. The third-order valence-corrected chi connectivity index (χ3v) is 4.24. The van der Waals surface area contributed by atoms with Crippen molar-refractivity contribution in [1.29, 1.82) is 0 Å². The van der Waals surface area contributed by atoms with E-state index in [1.54, 1.807) is 38.1 Å². The Labute approximate surface area is 159 Å². The fourth-order valence-electron chi connectivity index (χ4n) is 3.03. The molecule has 0 fully saturated rings. The molecule has 2 heterocycles. The molecule has 8 heteroatoms. The first kappa shape index (κ1) is 17.7. The molecule has 1 aliphatic heterocycles. The summed E-state index contributed by atoms with van der Waals surface area (Å²) in [7, 11) is 0. The third-order valence-electron chi connectivity index (χ3n) is 4.24. The molecule has 2 amide bonds. The molecule has 0 N–H and O–H groups in total. The summed E-state index contributed by atoms with van der Waals surface area (Å²) in [5.41, 5.74) is 1.71. The van der Waals surface area contributed by atoms with Gasteiger partial charge in [0, 0.05) is 13.0 Å². The minimum atomic E-state index is -0.635. The molecule has 1 aromatic heterocycles. The average molecular weight is 380 g/mol. The first-order valence-electron chi connectivity index (χ1n) is 8.67. The lowest BCUT2D eigenvalue weighted by atomic mass is 10.1. The van der Waals surface area contributed by atoms with Gasteiger partial charge in [-0.2, -0.15) is 0 Å². The van der Waals surface area contributed by atoms with Crippen LogP contribution < -0.4 is 4.74 Å². The van der Waals surface area contributed by atoms with Crippen molar-refractivity contribution in [3.63, 3.8) is 0 Å². The van der Waals surface area contributed by atoms with Crippen molar-refractivity contribution >= 4 is 28.9 Å². The Kier molecular flexibility index (Phi) is 4.31. The Hall–Kier alpha value is -3.68. The van der Waals surface area contributed by atoms with E-state index in [0.717, 1.165) is 4.90 Å². The number of benzene rings is 2. The first-order valence-corrected chi connectivity index (χ1v) is 8.67. The molecule has 3 aromatic rings. The molecule has 0 radical (unpaired) electrons. The van der Waals surface area contributed by atoms with Crippen LogP contribution in [0.3, 0.4) is 0 Å². The molecule has 0 saturated carbocycles. The highest BCUT2D eigenvalue weighted by atomic mass is 16.5. The molecule has 0 atom stereocenters. The number of imide groups is 1. The van der Waals surface area contributed by atoms with Crippen molar-refractivity contribution < 1.29 is 28.3 Å². The molecular weight excluding hydrogens is 364 g/mol. The summed E-state index contributed by atoms with van der Waals surface area (Å²) in [5, 5.41) is 0. The zero-order valence-corrected chi connectivity index (χ0v) is 15.2. The third kappa shape index (κ3) is 3.09. The van der Waals surface area contributed by atoms with E-state index in [9.17, 15) is 14.4 Å². The number of rotatable bonds is 5. The minimum absolute atomic E-state index is 0.176. The normalized spacial score (nSPS) is 13.1. The molecule has 0 spiro atoms. The van der Waals surface area contributed by atoms with Crippen molar-refractivity contribution in [2.45, 2.75) is 13.8 Å². The van der Waals surface area contributed by atoms with Gasteiger partial charge in [-0.05, 0) is 37.3 Å². The van der Waals surface area contributed by atoms with Crippen molar-refractivity contribution in [3.8, 4) is 11.5 Å².